The summed E-state index contributed by atoms with van der Waals surface area (Å²) in [4.78, 5) is 17.6. The first-order chi connectivity index (χ1) is 12.0. The molecule has 7 nitrogen and oxygen atoms in total. The van der Waals surface area contributed by atoms with Gasteiger partial charge in [0.15, 0.2) is 5.75 Å². The van der Waals surface area contributed by atoms with Gasteiger partial charge in [0.25, 0.3) is 0 Å². The van der Waals surface area contributed by atoms with Crippen molar-refractivity contribution in [3.63, 3.8) is 0 Å². The summed E-state index contributed by atoms with van der Waals surface area (Å²) in [6, 6.07) is 10.4. The van der Waals surface area contributed by atoms with Crippen LogP contribution in [0, 0.1) is 27.3 Å². The number of imidazole rings is 1. The molecule has 1 N–H and O–H groups in total. The fourth-order valence-electron chi connectivity index (χ4n) is 2.37. The van der Waals surface area contributed by atoms with Crippen LogP contribution < -0.4 is 4.74 Å². The number of rotatable bonds is 4. The van der Waals surface area contributed by atoms with Gasteiger partial charge in [-0.2, -0.15) is 5.26 Å². The highest BCUT2D eigenvalue weighted by Crippen LogP contribution is 2.29. The Labute approximate surface area is 141 Å². The number of H-pyrrole nitrogens is 1. The first-order valence-electron chi connectivity index (χ1n) is 7.11. The van der Waals surface area contributed by atoms with Gasteiger partial charge < -0.3 is 9.72 Å². The van der Waals surface area contributed by atoms with E-state index in [1.165, 1.54) is 43.5 Å². The Morgan fingerprint density at radius 1 is 1.40 bits per heavy atom. The largest absolute Gasteiger partial charge is 0.490 e. The lowest BCUT2D eigenvalue weighted by Crippen LogP contribution is -1.94. The molecule has 8 heteroatoms. The first kappa shape index (κ1) is 16.1. The number of hydrogen-bond acceptors (Lipinski definition) is 5. The van der Waals surface area contributed by atoms with E-state index in [9.17, 15) is 19.8 Å². The van der Waals surface area contributed by atoms with Crippen LogP contribution in [0.2, 0.25) is 0 Å². The van der Waals surface area contributed by atoms with Crippen LogP contribution in [0.15, 0.2) is 36.4 Å². The summed E-state index contributed by atoms with van der Waals surface area (Å²) in [5, 5.41) is 20.5. The summed E-state index contributed by atoms with van der Waals surface area (Å²) in [5.74, 6) is -0.0441. The predicted molar refractivity (Wildman–Crippen MR) is 89.2 cm³/mol. The molecule has 0 radical (unpaired) electrons. The van der Waals surface area contributed by atoms with Crippen molar-refractivity contribution in [2.24, 2.45) is 0 Å². The van der Waals surface area contributed by atoms with E-state index in [0.717, 1.165) is 0 Å². The zero-order chi connectivity index (χ0) is 18.0. The SMILES string of the molecule is COc1ccc(/C=C(/C#N)c2nc3ccc(F)cc3[nH]2)cc1[N+](=O)[O-]. The first-order valence-corrected chi connectivity index (χ1v) is 7.11. The van der Waals surface area contributed by atoms with Gasteiger partial charge in [-0.1, -0.05) is 6.07 Å². The number of nitrogens with zero attached hydrogens (tertiary/aromatic N) is 3. The van der Waals surface area contributed by atoms with Crippen molar-refractivity contribution in [1.29, 1.82) is 5.26 Å². The molecule has 1 aromatic heterocycles. The van der Waals surface area contributed by atoms with Gasteiger partial charge in [-0.05, 0) is 35.9 Å². The van der Waals surface area contributed by atoms with Crippen molar-refractivity contribution in [3.05, 3.63) is 63.7 Å². The van der Waals surface area contributed by atoms with Crippen LogP contribution in [0.3, 0.4) is 0 Å². The number of nitrogens with one attached hydrogen (secondary N) is 1. The molecule has 0 fully saturated rings. The van der Waals surface area contributed by atoms with E-state index in [-0.39, 0.29) is 22.8 Å². The van der Waals surface area contributed by atoms with Crippen LogP contribution >= 0.6 is 0 Å². The smallest absolute Gasteiger partial charge is 0.311 e. The van der Waals surface area contributed by atoms with Gasteiger partial charge in [0.2, 0.25) is 0 Å². The van der Waals surface area contributed by atoms with Crippen LogP contribution in [0.5, 0.6) is 5.75 Å². The molecule has 0 aliphatic rings. The highest BCUT2D eigenvalue weighted by molar-refractivity contribution is 5.90. The molecule has 0 atom stereocenters. The Morgan fingerprint density at radius 2 is 2.20 bits per heavy atom. The molecule has 0 spiro atoms. The molecule has 25 heavy (non-hydrogen) atoms. The topological polar surface area (TPSA) is 105 Å². The number of benzene rings is 2. The van der Waals surface area contributed by atoms with E-state index in [0.29, 0.717) is 16.6 Å². The van der Waals surface area contributed by atoms with Crippen LogP contribution in [0.1, 0.15) is 11.4 Å². The molecule has 3 rings (SSSR count). The zero-order valence-corrected chi connectivity index (χ0v) is 13.0. The normalized spacial score (nSPS) is 11.3. The van der Waals surface area contributed by atoms with E-state index < -0.39 is 10.7 Å². The minimum atomic E-state index is -0.563. The van der Waals surface area contributed by atoms with Crippen molar-refractivity contribution in [3.8, 4) is 11.8 Å². The Balaban J connectivity index is 2.06. The van der Waals surface area contributed by atoms with Gasteiger partial charge in [-0.25, -0.2) is 9.37 Å². The van der Waals surface area contributed by atoms with Gasteiger partial charge >= 0.3 is 5.69 Å². The number of nitriles is 1. The van der Waals surface area contributed by atoms with Gasteiger partial charge in [0.05, 0.1) is 28.6 Å². The molecule has 2 aromatic carbocycles. The van der Waals surface area contributed by atoms with Crippen molar-refractivity contribution in [1.82, 2.24) is 9.97 Å². The second-order valence-corrected chi connectivity index (χ2v) is 5.11. The van der Waals surface area contributed by atoms with E-state index in [2.05, 4.69) is 9.97 Å². The monoisotopic (exact) mass is 338 g/mol. The van der Waals surface area contributed by atoms with Crippen molar-refractivity contribution < 1.29 is 14.1 Å². The molecular formula is C17H11FN4O3. The molecule has 0 unspecified atom stereocenters. The third kappa shape index (κ3) is 3.16. The summed E-state index contributed by atoms with van der Waals surface area (Å²) in [7, 11) is 1.34. The highest BCUT2D eigenvalue weighted by atomic mass is 19.1. The Kier molecular flexibility index (Phi) is 4.14. The lowest BCUT2D eigenvalue weighted by Gasteiger charge is -2.02. The van der Waals surface area contributed by atoms with E-state index in [1.807, 2.05) is 6.07 Å². The van der Waals surface area contributed by atoms with Crippen LogP contribution in [0.4, 0.5) is 10.1 Å². The molecule has 1 heterocycles. The Morgan fingerprint density at radius 3 is 2.88 bits per heavy atom. The van der Waals surface area contributed by atoms with Crippen LogP contribution in [0.25, 0.3) is 22.7 Å². The number of allylic oxidation sites excluding steroid dienone is 1. The van der Waals surface area contributed by atoms with Crippen LogP contribution in [-0.2, 0) is 0 Å². The second kappa shape index (κ2) is 6.41. The summed E-state index contributed by atoms with van der Waals surface area (Å²) >= 11 is 0. The number of aromatic nitrogens is 2. The number of aromatic amines is 1. The molecular weight excluding hydrogens is 327 g/mol. The average molecular weight is 338 g/mol. The molecule has 3 aromatic rings. The standard InChI is InChI=1S/C17H11FN4O3/c1-25-16-5-2-10(7-15(16)22(23)24)6-11(9-19)17-20-13-4-3-12(18)8-14(13)21-17/h2-8H,1H3,(H,20,21)/b11-6-. The van der Waals surface area contributed by atoms with E-state index >= 15 is 0 Å². The lowest BCUT2D eigenvalue weighted by molar-refractivity contribution is -0.385. The van der Waals surface area contributed by atoms with E-state index in [1.54, 1.807) is 6.07 Å². The van der Waals surface area contributed by atoms with Gasteiger partial charge in [0.1, 0.15) is 17.7 Å². The number of nitro benzene ring substituents is 1. The van der Waals surface area contributed by atoms with Gasteiger partial charge in [-0.3, -0.25) is 10.1 Å². The average Bonchev–Trinajstić information content (AvgIpc) is 3.02. The number of hydrogen-bond donors (Lipinski definition) is 1. The number of methoxy groups -OCH3 is 1. The number of fused-ring (bicyclic) bond motifs is 1. The fourth-order valence-corrected chi connectivity index (χ4v) is 2.37. The Hall–Kier alpha value is -3.73. The lowest BCUT2D eigenvalue weighted by atomic mass is 10.1. The maximum absolute atomic E-state index is 13.3. The van der Waals surface area contributed by atoms with Crippen molar-refractivity contribution in [2.75, 3.05) is 7.11 Å². The summed E-state index contributed by atoms with van der Waals surface area (Å²) in [6.07, 6.45) is 1.46. The molecule has 0 bridgehead atoms. The maximum atomic E-state index is 13.3. The second-order valence-electron chi connectivity index (χ2n) is 5.11. The highest BCUT2D eigenvalue weighted by Gasteiger charge is 2.15. The third-order valence-corrected chi connectivity index (χ3v) is 3.53. The molecule has 0 saturated carbocycles. The number of ether oxygens (including phenoxy) is 1. The van der Waals surface area contributed by atoms with Gasteiger partial charge in [-0.15, -0.1) is 0 Å². The quantitative estimate of drug-likeness (QED) is 0.444. The number of halogens is 1. The van der Waals surface area contributed by atoms with Crippen molar-refractivity contribution in [2.45, 2.75) is 0 Å². The van der Waals surface area contributed by atoms with Crippen LogP contribution in [-0.4, -0.2) is 22.0 Å². The Bertz CT molecular complexity index is 1050. The third-order valence-electron chi connectivity index (χ3n) is 3.53. The molecule has 124 valence electrons. The number of nitro groups is 1. The summed E-state index contributed by atoms with van der Waals surface area (Å²) < 4.78 is 18.2. The minimum absolute atomic E-state index is 0.125. The zero-order valence-electron chi connectivity index (χ0n) is 13.0. The van der Waals surface area contributed by atoms with Crippen molar-refractivity contribution >= 4 is 28.4 Å². The minimum Gasteiger partial charge on any atom is -0.490 e. The predicted octanol–water partition coefficient (Wildman–Crippen LogP) is 3.68. The molecule has 0 aliphatic heterocycles. The molecule has 0 aliphatic carbocycles. The molecule has 0 amide bonds. The summed E-state index contributed by atoms with van der Waals surface area (Å²) in [5.41, 5.74) is 1.36. The molecule has 0 saturated heterocycles. The maximum Gasteiger partial charge on any atom is 0.311 e. The fraction of sp³-hybridized carbons (Fsp3) is 0.0588. The van der Waals surface area contributed by atoms with Gasteiger partial charge in [0, 0.05) is 6.07 Å². The summed E-state index contributed by atoms with van der Waals surface area (Å²) in [6.45, 7) is 0. The van der Waals surface area contributed by atoms with E-state index in [4.69, 9.17) is 4.74 Å².